The fourth-order valence-corrected chi connectivity index (χ4v) is 2.51. The predicted octanol–water partition coefficient (Wildman–Crippen LogP) is 2.75. The molecule has 1 aromatic carbocycles. The van der Waals surface area contributed by atoms with Crippen LogP contribution < -0.4 is 0 Å². The van der Waals surface area contributed by atoms with E-state index in [-0.39, 0.29) is 5.82 Å². The third-order valence-corrected chi connectivity index (χ3v) is 3.69. The van der Waals surface area contributed by atoms with Crippen LogP contribution in [-0.2, 0) is 12.3 Å². The molecular weight excluding hydrogens is 279 g/mol. The number of hydrogen-bond donors (Lipinski definition) is 0. The molecule has 0 saturated heterocycles. The van der Waals surface area contributed by atoms with Crippen molar-refractivity contribution >= 4 is 11.8 Å². The molecule has 20 heavy (non-hydrogen) atoms. The van der Waals surface area contributed by atoms with Crippen molar-refractivity contribution in [1.82, 2.24) is 20.2 Å². The molecule has 0 radical (unpaired) electrons. The summed E-state index contributed by atoms with van der Waals surface area (Å²) in [6.45, 7) is 0.492. The van der Waals surface area contributed by atoms with Crippen LogP contribution in [0.15, 0.2) is 52.2 Å². The van der Waals surface area contributed by atoms with E-state index in [1.165, 1.54) is 23.9 Å². The number of halogens is 1. The van der Waals surface area contributed by atoms with Crippen LogP contribution in [-0.4, -0.2) is 20.2 Å². The Bertz CT molecular complexity index is 666. The number of benzene rings is 1. The zero-order valence-electron chi connectivity index (χ0n) is 10.4. The van der Waals surface area contributed by atoms with Crippen LogP contribution in [0.1, 0.15) is 11.3 Å². The molecule has 0 N–H and O–H groups in total. The summed E-state index contributed by atoms with van der Waals surface area (Å²) in [5, 5.41) is 12.3. The number of hydrogen-bond acceptors (Lipinski definition) is 5. The number of thioether (sulfide) groups is 1. The zero-order chi connectivity index (χ0) is 13.8. The highest BCUT2D eigenvalue weighted by Crippen LogP contribution is 2.20. The topological polar surface area (TPSA) is 56.7 Å². The Balaban J connectivity index is 1.66. The summed E-state index contributed by atoms with van der Waals surface area (Å²) >= 11 is 1.50. The van der Waals surface area contributed by atoms with Crippen molar-refractivity contribution in [3.8, 4) is 0 Å². The van der Waals surface area contributed by atoms with Crippen molar-refractivity contribution in [1.29, 1.82) is 0 Å². The lowest BCUT2D eigenvalue weighted by Gasteiger charge is -2.02. The monoisotopic (exact) mass is 290 g/mol. The first-order chi connectivity index (χ1) is 9.81. The van der Waals surface area contributed by atoms with Gasteiger partial charge in [0.15, 0.2) is 0 Å². The normalized spacial score (nSPS) is 10.8. The van der Waals surface area contributed by atoms with Gasteiger partial charge in [0.1, 0.15) is 18.1 Å². The van der Waals surface area contributed by atoms with Crippen molar-refractivity contribution in [3.05, 3.63) is 59.8 Å². The van der Waals surface area contributed by atoms with E-state index >= 15 is 0 Å². The van der Waals surface area contributed by atoms with Gasteiger partial charge in [0.05, 0.1) is 6.26 Å². The maximum absolute atomic E-state index is 12.8. The van der Waals surface area contributed by atoms with E-state index in [0.29, 0.717) is 17.5 Å². The summed E-state index contributed by atoms with van der Waals surface area (Å²) in [6.07, 6.45) is 1.62. The van der Waals surface area contributed by atoms with Gasteiger partial charge in [-0.1, -0.05) is 23.9 Å². The van der Waals surface area contributed by atoms with Gasteiger partial charge in [-0.2, -0.15) is 0 Å². The number of tetrazole rings is 1. The highest BCUT2D eigenvalue weighted by atomic mass is 32.2. The van der Waals surface area contributed by atoms with E-state index in [0.717, 1.165) is 11.3 Å². The Morgan fingerprint density at radius 2 is 2.05 bits per heavy atom. The molecule has 2 aromatic heterocycles. The molecular formula is C13H11FN4OS. The first-order valence-corrected chi connectivity index (χ1v) is 6.95. The first kappa shape index (κ1) is 12.9. The molecule has 2 heterocycles. The van der Waals surface area contributed by atoms with Gasteiger partial charge >= 0.3 is 0 Å². The van der Waals surface area contributed by atoms with Gasteiger partial charge in [0.2, 0.25) is 5.16 Å². The maximum Gasteiger partial charge on any atom is 0.210 e. The fourth-order valence-electron chi connectivity index (χ4n) is 1.68. The Morgan fingerprint density at radius 3 is 2.80 bits per heavy atom. The smallest absolute Gasteiger partial charge is 0.210 e. The molecule has 102 valence electrons. The van der Waals surface area contributed by atoms with Gasteiger partial charge < -0.3 is 4.42 Å². The van der Waals surface area contributed by atoms with Gasteiger partial charge in [0.25, 0.3) is 0 Å². The van der Waals surface area contributed by atoms with Crippen LogP contribution in [0.2, 0.25) is 0 Å². The molecule has 0 amide bonds. The molecule has 0 aliphatic rings. The van der Waals surface area contributed by atoms with E-state index in [1.807, 2.05) is 12.1 Å². The summed E-state index contributed by atoms with van der Waals surface area (Å²) in [7, 11) is 0. The average molecular weight is 290 g/mol. The van der Waals surface area contributed by atoms with Gasteiger partial charge in [-0.05, 0) is 40.3 Å². The van der Waals surface area contributed by atoms with Crippen molar-refractivity contribution < 1.29 is 8.81 Å². The SMILES string of the molecule is Fc1ccc(CSc2nnnn2Cc2ccco2)cc1. The first-order valence-electron chi connectivity index (χ1n) is 5.97. The second-order valence-electron chi connectivity index (χ2n) is 4.11. The van der Waals surface area contributed by atoms with Gasteiger partial charge in [-0.15, -0.1) is 5.10 Å². The molecule has 3 aromatic rings. The summed E-state index contributed by atoms with van der Waals surface area (Å²) in [5.41, 5.74) is 1.02. The molecule has 5 nitrogen and oxygen atoms in total. The molecule has 0 fully saturated rings. The van der Waals surface area contributed by atoms with E-state index in [4.69, 9.17) is 4.42 Å². The average Bonchev–Trinajstić information content (AvgIpc) is 3.11. The summed E-state index contributed by atoms with van der Waals surface area (Å²) in [6, 6.07) is 10.1. The van der Waals surface area contributed by atoms with E-state index < -0.39 is 0 Å². The molecule has 7 heteroatoms. The van der Waals surface area contributed by atoms with Crippen LogP contribution in [0.25, 0.3) is 0 Å². The lowest BCUT2D eigenvalue weighted by molar-refractivity contribution is 0.462. The third kappa shape index (κ3) is 3.05. The predicted molar refractivity (Wildman–Crippen MR) is 71.6 cm³/mol. The minimum atomic E-state index is -0.235. The minimum absolute atomic E-state index is 0.235. The molecule has 0 saturated carbocycles. The summed E-state index contributed by atoms with van der Waals surface area (Å²) in [4.78, 5) is 0. The highest BCUT2D eigenvalue weighted by molar-refractivity contribution is 7.98. The number of aromatic nitrogens is 4. The fraction of sp³-hybridized carbons (Fsp3) is 0.154. The molecule has 0 bridgehead atoms. The van der Waals surface area contributed by atoms with Crippen molar-refractivity contribution in [2.45, 2.75) is 17.5 Å². The standard InChI is InChI=1S/C13H11FN4OS/c14-11-5-3-10(4-6-11)9-20-13-15-16-17-18(13)8-12-2-1-7-19-12/h1-7H,8-9H2. The van der Waals surface area contributed by atoms with Gasteiger partial charge in [0, 0.05) is 5.75 Å². The van der Waals surface area contributed by atoms with E-state index in [2.05, 4.69) is 15.5 Å². The Morgan fingerprint density at radius 1 is 1.20 bits per heavy atom. The van der Waals surface area contributed by atoms with Crippen molar-refractivity contribution in [3.63, 3.8) is 0 Å². The van der Waals surface area contributed by atoms with Gasteiger partial charge in [-0.25, -0.2) is 9.07 Å². The summed E-state index contributed by atoms with van der Waals surface area (Å²) in [5.74, 6) is 1.24. The molecule has 0 aliphatic carbocycles. The molecule has 0 aliphatic heterocycles. The van der Waals surface area contributed by atoms with Crippen molar-refractivity contribution in [2.75, 3.05) is 0 Å². The lowest BCUT2D eigenvalue weighted by Crippen LogP contribution is -2.03. The Labute approximate surface area is 118 Å². The minimum Gasteiger partial charge on any atom is -0.467 e. The Hall–Kier alpha value is -2.15. The summed E-state index contributed by atoms with van der Waals surface area (Å²) < 4.78 is 19.8. The third-order valence-electron chi connectivity index (χ3n) is 2.67. The van der Waals surface area contributed by atoms with E-state index in [1.54, 1.807) is 23.1 Å². The molecule has 3 rings (SSSR count). The maximum atomic E-state index is 12.8. The number of rotatable bonds is 5. The second-order valence-corrected chi connectivity index (χ2v) is 5.06. The Kier molecular flexibility index (Phi) is 3.78. The zero-order valence-corrected chi connectivity index (χ0v) is 11.3. The lowest BCUT2D eigenvalue weighted by atomic mass is 10.2. The van der Waals surface area contributed by atoms with Crippen molar-refractivity contribution in [2.24, 2.45) is 0 Å². The van der Waals surface area contributed by atoms with Crippen LogP contribution in [0, 0.1) is 5.82 Å². The van der Waals surface area contributed by atoms with Gasteiger partial charge in [-0.3, -0.25) is 0 Å². The molecule has 0 atom stereocenters. The molecule has 0 unspecified atom stereocenters. The van der Waals surface area contributed by atoms with Crippen LogP contribution >= 0.6 is 11.8 Å². The number of nitrogens with zero attached hydrogens (tertiary/aromatic N) is 4. The largest absolute Gasteiger partial charge is 0.467 e. The second kappa shape index (κ2) is 5.87. The quantitative estimate of drug-likeness (QED) is 0.676. The van der Waals surface area contributed by atoms with E-state index in [9.17, 15) is 4.39 Å². The molecule has 0 spiro atoms. The van der Waals surface area contributed by atoms with Crippen LogP contribution in [0.4, 0.5) is 4.39 Å². The van der Waals surface area contributed by atoms with Crippen LogP contribution in [0.5, 0.6) is 0 Å². The van der Waals surface area contributed by atoms with Crippen LogP contribution in [0.3, 0.4) is 0 Å². The highest BCUT2D eigenvalue weighted by Gasteiger charge is 2.09. The number of furan rings is 1.